The van der Waals surface area contributed by atoms with E-state index in [0.29, 0.717) is 14.2 Å². The second-order valence-electron chi connectivity index (χ2n) is 3.75. The summed E-state index contributed by atoms with van der Waals surface area (Å²) in [5.74, 6) is 0. The van der Waals surface area contributed by atoms with E-state index in [9.17, 15) is 0 Å². The molecule has 0 aromatic heterocycles. The Morgan fingerprint density at radius 3 is 2.07 bits per heavy atom. The molecule has 0 aromatic carbocycles. The van der Waals surface area contributed by atoms with E-state index in [4.69, 9.17) is 3.82 Å². The van der Waals surface area contributed by atoms with Crippen LogP contribution in [0.5, 0.6) is 0 Å². The van der Waals surface area contributed by atoms with Crippen molar-refractivity contribution in [1.29, 1.82) is 0 Å². The Kier molecular flexibility index (Phi) is 12.9. The first-order valence-corrected chi connectivity index (χ1v) is 8.18. The van der Waals surface area contributed by atoms with Crippen molar-refractivity contribution in [2.24, 2.45) is 0 Å². The summed E-state index contributed by atoms with van der Waals surface area (Å²) in [6.07, 6.45) is 9.31. The van der Waals surface area contributed by atoms with Gasteiger partial charge in [0.2, 0.25) is 0 Å². The number of hydrogen-bond donors (Lipinski definition) is 0. The molecule has 0 atom stereocenters. The molecule has 0 aromatic rings. The summed E-state index contributed by atoms with van der Waals surface area (Å²) >= 11 is 0.328. The number of rotatable bonds is 11. The van der Waals surface area contributed by atoms with Gasteiger partial charge in [-0.3, -0.25) is 0 Å². The Morgan fingerprint density at radius 1 is 0.800 bits per heavy atom. The maximum absolute atomic E-state index is 5.89. The first-order chi connectivity index (χ1) is 7.35. The van der Waals surface area contributed by atoms with Crippen molar-refractivity contribution < 1.29 is 18.0 Å². The number of unbranched alkanes of at least 4 members (excludes halogenated alkanes) is 5. The van der Waals surface area contributed by atoms with Crippen molar-refractivity contribution in [2.45, 2.75) is 76.4 Å². The van der Waals surface area contributed by atoms with Crippen LogP contribution in [0.3, 0.4) is 0 Å². The van der Waals surface area contributed by atoms with Crippen molar-refractivity contribution >= 4 is 0 Å². The minimum absolute atomic E-state index is 0.328. The zero-order valence-electron chi connectivity index (χ0n) is 10.8. The fourth-order valence-electron chi connectivity index (χ4n) is 1.32. The molecular formula is C13H29CuO. The molecule has 0 aliphatic carbocycles. The van der Waals surface area contributed by atoms with E-state index in [1.807, 2.05) is 0 Å². The summed E-state index contributed by atoms with van der Waals surface area (Å²) in [6, 6.07) is 0. The molecule has 0 aliphatic rings. The maximum atomic E-state index is 5.89. The second kappa shape index (κ2) is 12.5. The summed E-state index contributed by atoms with van der Waals surface area (Å²) in [5.41, 5.74) is 0. The standard InChI is InChI=1S/C6H13.C5H11O.C2H5.Cu/c1-3-5-6-4-2;1-2-3-4-5-6;1-2;/h1,3-6H2,2H3;2-5H2,1H3;1H2,2H3;/q;-1;;+1. The van der Waals surface area contributed by atoms with Crippen molar-refractivity contribution in [1.82, 2.24) is 0 Å². The molecule has 98 valence electrons. The predicted octanol–water partition coefficient (Wildman–Crippen LogP) is 5.16. The van der Waals surface area contributed by atoms with E-state index < -0.39 is 0 Å². The first-order valence-electron chi connectivity index (χ1n) is 6.46. The molecular weight excluding hydrogens is 236 g/mol. The average Bonchev–Trinajstić information content (AvgIpc) is 2.27. The normalized spacial score (nSPS) is 11.8. The van der Waals surface area contributed by atoms with Crippen LogP contribution in [0.4, 0.5) is 0 Å². The summed E-state index contributed by atoms with van der Waals surface area (Å²) in [4.78, 5) is 0. The Bertz CT molecular complexity index is 105. The molecule has 0 saturated heterocycles. The molecule has 1 nitrogen and oxygen atoms in total. The van der Waals surface area contributed by atoms with Gasteiger partial charge < -0.3 is 0 Å². The molecule has 0 bridgehead atoms. The van der Waals surface area contributed by atoms with Crippen LogP contribution in [0, 0.1) is 0 Å². The van der Waals surface area contributed by atoms with Crippen LogP contribution < -0.4 is 0 Å². The first kappa shape index (κ1) is 15.5. The third kappa shape index (κ3) is 10.8. The Labute approximate surface area is 101 Å². The molecule has 0 spiro atoms. The third-order valence-corrected chi connectivity index (χ3v) is 4.48. The third-order valence-electron chi connectivity index (χ3n) is 2.30. The van der Waals surface area contributed by atoms with E-state index in [2.05, 4.69) is 20.8 Å². The van der Waals surface area contributed by atoms with Gasteiger partial charge in [0.05, 0.1) is 0 Å². The summed E-state index contributed by atoms with van der Waals surface area (Å²) in [7, 11) is 0. The van der Waals surface area contributed by atoms with Crippen LogP contribution in [-0.4, -0.2) is 6.61 Å². The van der Waals surface area contributed by atoms with Gasteiger partial charge in [-0.05, 0) is 0 Å². The van der Waals surface area contributed by atoms with Gasteiger partial charge in [-0.1, -0.05) is 0 Å². The average molecular weight is 265 g/mol. The van der Waals surface area contributed by atoms with Gasteiger partial charge in [-0.2, -0.15) is 0 Å². The van der Waals surface area contributed by atoms with Crippen molar-refractivity contribution in [2.75, 3.05) is 6.61 Å². The van der Waals surface area contributed by atoms with Crippen molar-refractivity contribution in [3.8, 4) is 0 Å². The van der Waals surface area contributed by atoms with E-state index >= 15 is 0 Å². The fraction of sp³-hybridized carbons (Fsp3) is 1.00. The van der Waals surface area contributed by atoms with Crippen LogP contribution in [0.25, 0.3) is 0 Å². The van der Waals surface area contributed by atoms with E-state index in [1.54, 1.807) is 0 Å². The number of hydrogen-bond acceptors (Lipinski definition) is 1. The quantitative estimate of drug-likeness (QED) is 0.370. The zero-order chi connectivity index (χ0) is 11.4. The topological polar surface area (TPSA) is 9.23 Å². The molecule has 0 radical (unpaired) electrons. The van der Waals surface area contributed by atoms with Crippen LogP contribution in [0.1, 0.15) is 65.7 Å². The summed E-state index contributed by atoms with van der Waals surface area (Å²) in [6.45, 7) is 7.74. The van der Waals surface area contributed by atoms with Crippen LogP contribution in [-0.2, 0) is 18.0 Å². The molecule has 0 N–H and O–H groups in total. The molecule has 15 heavy (non-hydrogen) atoms. The van der Waals surface area contributed by atoms with Gasteiger partial charge in [0.15, 0.2) is 0 Å². The van der Waals surface area contributed by atoms with Gasteiger partial charge in [-0.15, -0.1) is 0 Å². The summed E-state index contributed by atoms with van der Waals surface area (Å²) in [5, 5.41) is 2.49. The SMILES string of the molecule is CCCCC[CH2][Cu]([CH2]C)[O]CCCCC. The van der Waals surface area contributed by atoms with Crippen molar-refractivity contribution in [3.05, 3.63) is 0 Å². The molecule has 0 unspecified atom stereocenters. The van der Waals surface area contributed by atoms with Crippen LogP contribution in [0.2, 0.25) is 10.6 Å². The molecule has 0 aliphatic heterocycles. The molecule has 0 heterocycles. The van der Waals surface area contributed by atoms with E-state index in [1.165, 1.54) is 55.6 Å². The van der Waals surface area contributed by atoms with E-state index in [0.717, 1.165) is 6.61 Å². The zero-order valence-corrected chi connectivity index (χ0v) is 11.7. The Morgan fingerprint density at radius 2 is 1.47 bits per heavy atom. The fourth-order valence-corrected chi connectivity index (χ4v) is 2.99. The molecule has 0 saturated carbocycles. The van der Waals surface area contributed by atoms with Crippen LogP contribution >= 0.6 is 0 Å². The minimum atomic E-state index is 0.328. The Hall–Kier alpha value is 0.479. The summed E-state index contributed by atoms with van der Waals surface area (Å²) < 4.78 is 5.89. The molecule has 0 amide bonds. The van der Waals surface area contributed by atoms with E-state index in [-0.39, 0.29) is 0 Å². The second-order valence-corrected chi connectivity index (χ2v) is 6.17. The van der Waals surface area contributed by atoms with Crippen LogP contribution in [0.15, 0.2) is 0 Å². The van der Waals surface area contributed by atoms with Gasteiger partial charge in [0.25, 0.3) is 0 Å². The molecule has 2 heteroatoms. The van der Waals surface area contributed by atoms with Crippen molar-refractivity contribution in [3.63, 3.8) is 0 Å². The predicted molar refractivity (Wildman–Crippen MR) is 64.9 cm³/mol. The van der Waals surface area contributed by atoms with Gasteiger partial charge in [-0.25, -0.2) is 0 Å². The van der Waals surface area contributed by atoms with Gasteiger partial charge in [0, 0.05) is 0 Å². The Balaban J connectivity index is 3.29. The van der Waals surface area contributed by atoms with Gasteiger partial charge in [0.1, 0.15) is 0 Å². The molecule has 0 rings (SSSR count). The van der Waals surface area contributed by atoms with Gasteiger partial charge >= 0.3 is 101 Å². The molecule has 0 fully saturated rings. The monoisotopic (exact) mass is 264 g/mol.